The minimum Gasteiger partial charge on any atom is -1.00 e. The van der Waals surface area contributed by atoms with Gasteiger partial charge in [0.05, 0.1) is 17.9 Å². The van der Waals surface area contributed by atoms with Crippen molar-refractivity contribution in [1.29, 1.82) is 0 Å². The van der Waals surface area contributed by atoms with Crippen LogP contribution in [0.25, 0.3) is 0 Å². The van der Waals surface area contributed by atoms with Crippen molar-refractivity contribution >= 4 is 79.6 Å². The fourth-order valence-electron chi connectivity index (χ4n) is 0.593. The molecule has 0 spiro atoms. The monoisotopic (exact) mass is 508 g/mol. The molecule has 68 valence electrons. The Labute approximate surface area is 141 Å². The molecule has 0 atom stereocenters. The molecule has 1 N–H and O–H groups in total. The van der Waals surface area contributed by atoms with E-state index in [1.54, 1.807) is 0 Å². The van der Waals surface area contributed by atoms with Gasteiger partial charge in [0, 0.05) is 4.47 Å². The molecule has 1 aromatic rings. The second kappa shape index (κ2) is 6.23. The molecule has 0 radical (unpaired) electrons. The molecule has 0 saturated carbocycles. The molecule has 0 aromatic heterocycles. The van der Waals surface area contributed by atoms with Gasteiger partial charge in [0.15, 0.2) is 0 Å². The van der Waals surface area contributed by atoms with Gasteiger partial charge in [-0.05, 0) is 79.6 Å². The molecule has 1 aromatic carbocycles. The van der Waals surface area contributed by atoms with E-state index in [2.05, 4.69) is 79.6 Å². The predicted molar refractivity (Wildman–Crippen MR) is 67.7 cm³/mol. The van der Waals surface area contributed by atoms with Crippen LogP contribution in [0.1, 0.15) is 1.43 Å². The summed E-state index contributed by atoms with van der Waals surface area (Å²) in [5.41, 5.74) is 0. The van der Waals surface area contributed by atoms with Crippen LogP contribution in [0.3, 0.4) is 0 Å². The summed E-state index contributed by atoms with van der Waals surface area (Å²) in [5, 5.41) is 9.52. The fraction of sp³-hybridized carbons (Fsp3) is 0. The first-order valence-corrected chi connectivity index (χ1v) is 6.63. The first-order chi connectivity index (χ1) is 5.46. The van der Waals surface area contributed by atoms with Crippen LogP contribution in [0.4, 0.5) is 0 Å². The van der Waals surface area contributed by atoms with Crippen molar-refractivity contribution in [3.8, 4) is 5.75 Å². The Bertz CT molecular complexity index is 240. The number of aromatic hydroxyl groups is 1. The molecule has 7 heteroatoms. The molecular weight excluding hydrogens is 511 g/mol. The average Bonchev–Trinajstić information content (AvgIpc) is 2.08. The number of phenolic OH excluding ortho intramolecular Hbond substituents is 1. The van der Waals surface area contributed by atoms with Crippen molar-refractivity contribution in [2.45, 2.75) is 0 Å². The van der Waals surface area contributed by atoms with Gasteiger partial charge in [-0.3, -0.25) is 0 Å². The third-order valence-electron chi connectivity index (χ3n) is 1.19. The van der Waals surface area contributed by atoms with E-state index in [1.807, 2.05) is 0 Å². The van der Waals surface area contributed by atoms with Crippen molar-refractivity contribution in [3.63, 3.8) is 0 Å². The SMILES string of the molecule is Oc1c(Br)c(Br)c(Br)c(Br)c1Br.[H-].[Na+]. The standard InChI is InChI=1S/C6HBr5O.Na.H/c7-1-2(8)4(10)6(12)5(11)3(1)9;;/h12H;;/q;+1;-1. The maximum atomic E-state index is 9.52. The van der Waals surface area contributed by atoms with Crippen LogP contribution < -0.4 is 29.6 Å². The summed E-state index contributed by atoms with van der Waals surface area (Å²) in [6.07, 6.45) is 0. The summed E-state index contributed by atoms with van der Waals surface area (Å²) >= 11 is 16.4. The van der Waals surface area contributed by atoms with Crippen LogP contribution in [0.2, 0.25) is 0 Å². The number of halogens is 5. The summed E-state index contributed by atoms with van der Waals surface area (Å²) in [6, 6.07) is 0. The van der Waals surface area contributed by atoms with E-state index < -0.39 is 0 Å². The van der Waals surface area contributed by atoms with E-state index in [0.29, 0.717) is 8.95 Å². The van der Waals surface area contributed by atoms with Crippen LogP contribution in [-0.4, -0.2) is 5.11 Å². The summed E-state index contributed by atoms with van der Waals surface area (Å²) in [5.74, 6) is 0.164. The Morgan fingerprint density at radius 3 is 1.23 bits per heavy atom. The zero-order valence-corrected chi connectivity index (χ0v) is 16.3. The van der Waals surface area contributed by atoms with Gasteiger partial charge in [-0.15, -0.1) is 0 Å². The molecule has 0 aliphatic rings. The molecule has 0 aliphatic heterocycles. The zero-order valence-electron chi connectivity index (χ0n) is 7.34. The van der Waals surface area contributed by atoms with Crippen LogP contribution >= 0.6 is 79.6 Å². The maximum absolute atomic E-state index is 9.52. The van der Waals surface area contributed by atoms with E-state index in [4.69, 9.17) is 0 Å². The minimum absolute atomic E-state index is 0. The predicted octanol–water partition coefficient (Wildman–Crippen LogP) is 2.32. The van der Waals surface area contributed by atoms with E-state index >= 15 is 0 Å². The van der Waals surface area contributed by atoms with Crippen molar-refractivity contribution in [3.05, 3.63) is 22.4 Å². The number of phenols is 1. The number of hydrogen-bond acceptors (Lipinski definition) is 1. The number of hydrogen-bond donors (Lipinski definition) is 1. The van der Waals surface area contributed by atoms with E-state index in [0.717, 1.165) is 13.4 Å². The largest absolute Gasteiger partial charge is 1.00 e. The number of rotatable bonds is 0. The maximum Gasteiger partial charge on any atom is 1.00 e. The molecule has 13 heavy (non-hydrogen) atoms. The second-order valence-electron chi connectivity index (χ2n) is 1.92. The van der Waals surface area contributed by atoms with E-state index in [1.165, 1.54) is 0 Å². The van der Waals surface area contributed by atoms with Crippen molar-refractivity contribution in [2.75, 3.05) is 0 Å². The van der Waals surface area contributed by atoms with Crippen LogP contribution in [0.5, 0.6) is 5.75 Å². The second-order valence-corrected chi connectivity index (χ2v) is 5.88. The van der Waals surface area contributed by atoms with Crippen LogP contribution in [0.15, 0.2) is 22.4 Å². The summed E-state index contributed by atoms with van der Waals surface area (Å²) in [4.78, 5) is 0. The summed E-state index contributed by atoms with van der Waals surface area (Å²) in [6.45, 7) is 0. The molecule has 0 fully saturated rings. The first kappa shape index (κ1) is 15.4. The van der Waals surface area contributed by atoms with Gasteiger partial charge >= 0.3 is 29.6 Å². The molecule has 0 amide bonds. The molecule has 1 nitrogen and oxygen atoms in total. The Kier molecular flexibility index (Phi) is 7.39. The average molecular weight is 513 g/mol. The molecule has 0 aliphatic carbocycles. The van der Waals surface area contributed by atoms with Gasteiger partial charge in [0.1, 0.15) is 5.75 Å². The number of benzene rings is 1. The van der Waals surface area contributed by atoms with Gasteiger partial charge in [-0.25, -0.2) is 0 Å². The van der Waals surface area contributed by atoms with Gasteiger partial charge in [0.2, 0.25) is 0 Å². The molecule has 0 unspecified atom stereocenters. The smallest absolute Gasteiger partial charge is 1.00 e. The summed E-state index contributed by atoms with van der Waals surface area (Å²) in [7, 11) is 0. The first-order valence-electron chi connectivity index (χ1n) is 2.67. The van der Waals surface area contributed by atoms with Crippen molar-refractivity contribution in [1.82, 2.24) is 0 Å². The molecule has 0 heterocycles. The van der Waals surface area contributed by atoms with Gasteiger partial charge in [-0.2, -0.15) is 0 Å². The molecular formula is C6H2Br5NaO. The Hall–Kier alpha value is 2.42. The Morgan fingerprint density at radius 2 is 0.923 bits per heavy atom. The topological polar surface area (TPSA) is 20.2 Å². The Morgan fingerprint density at radius 1 is 0.692 bits per heavy atom. The van der Waals surface area contributed by atoms with Gasteiger partial charge in [0.25, 0.3) is 0 Å². The third-order valence-corrected chi connectivity index (χ3v) is 7.24. The van der Waals surface area contributed by atoms with Crippen LogP contribution in [0, 0.1) is 0 Å². The Balaban J connectivity index is 0. The van der Waals surface area contributed by atoms with Gasteiger partial charge < -0.3 is 6.53 Å². The fourth-order valence-corrected chi connectivity index (χ4v) is 3.62. The quantitative estimate of drug-likeness (QED) is 0.322. The third kappa shape index (κ3) is 3.19. The van der Waals surface area contributed by atoms with Crippen molar-refractivity contribution in [2.24, 2.45) is 0 Å². The molecule has 0 bridgehead atoms. The van der Waals surface area contributed by atoms with Crippen LogP contribution in [-0.2, 0) is 0 Å². The zero-order chi connectivity index (χ0) is 9.46. The van der Waals surface area contributed by atoms with Gasteiger partial charge in [-0.1, -0.05) is 0 Å². The van der Waals surface area contributed by atoms with E-state index in [-0.39, 0.29) is 36.7 Å². The van der Waals surface area contributed by atoms with Crippen molar-refractivity contribution < 1.29 is 36.1 Å². The normalized spacial score (nSPS) is 9.62. The minimum atomic E-state index is 0. The molecule has 0 saturated heterocycles. The molecule has 1 rings (SSSR count). The van der Waals surface area contributed by atoms with E-state index in [9.17, 15) is 5.11 Å². The summed E-state index contributed by atoms with van der Waals surface area (Å²) < 4.78 is 3.62.